The van der Waals surface area contributed by atoms with E-state index in [9.17, 15) is 0 Å². The molecule has 4 aromatic carbocycles. The molecule has 0 unspecified atom stereocenters. The number of thiol groups is 4. The maximum Gasteiger partial charge on any atom is 4.00 e. The molecule has 0 saturated heterocycles. The molecule has 0 aliphatic rings. The summed E-state index contributed by atoms with van der Waals surface area (Å²) in [5.74, 6) is 0. The Hall–Kier alpha value is -0.126. The van der Waals surface area contributed by atoms with Gasteiger partial charge in [-0.1, -0.05) is 97.1 Å². The molecule has 0 spiro atoms. The summed E-state index contributed by atoms with van der Waals surface area (Å²) >= 11 is 35.9. The standard InChI is InChI=1S/4C6H6S2.Ti/c4*7-5-3-1-2-4-6(5)8;/h4*1-4,7-8H;/q;;;;+4/p-4. The maximum absolute atomic E-state index is 4.88. The van der Waals surface area contributed by atoms with E-state index < -0.39 is 0 Å². The molecular weight excluding hydrogens is 593 g/mol. The Balaban J connectivity index is 0.000000410. The van der Waals surface area contributed by atoms with E-state index in [1.807, 2.05) is 97.1 Å². The van der Waals surface area contributed by atoms with E-state index >= 15 is 0 Å². The van der Waals surface area contributed by atoms with Crippen molar-refractivity contribution < 1.29 is 21.7 Å². The van der Waals surface area contributed by atoms with Gasteiger partial charge in [-0.2, -0.15) is 19.6 Å². The minimum absolute atomic E-state index is 0. The topological polar surface area (TPSA) is 0 Å². The number of benzene rings is 4. The first-order chi connectivity index (χ1) is 15.2. The van der Waals surface area contributed by atoms with Crippen molar-refractivity contribution in [1.82, 2.24) is 0 Å². The van der Waals surface area contributed by atoms with Crippen LogP contribution in [0.25, 0.3) is 0 Å². The molecular formula is C24H20S8Ti. The molecule has 0 aromatic heterocycles. The van der Waals surface area contributed by atoms with E-state index in [-0.39, 0.29) is 21.7 Å². The van der Waals surface area contributed by atoms with Crippen LogP contribution in [0.15, 0.2) is 136 Å². The van der Waals surface area contributed by atoms with Crippen LogP contribution < -0.4 is 0 Å². The number of hydrogen-bond donors (Lipinski definition) is 4. The van der Waals surface area contributed by atoms with Gasteiger partial charge in [0.15, 0.2) is 0 Å². The normalized spacial score (nSPS) is 8.85. The van der Waals surface area contributed by atoms with E-state index in [1.165, 1.54) is 0 Å². The Morgan fingerprint density at radius 1 is 0.333 bits per heavy atom. The summed E-state index contributed by atoms with van der Waals surface area (Å²) in [6, 6.07) is 30.2. The van der Waals surface area contributed by atoms with Gasteiger partial charge in [0.05, 0.1) is 0 Å². The van der Waals surface area contributed by atoms with E-state index in [0.29, 0.717) is 0 Å². The van der Waals surface area contributed by atoms with Gasteiger partial charge < -0.3 is 50.5 Å². The summed E-state index contributed by atoms with van der Waals surface area (Å²) < 4.78 is 0. The Kier molecular flexibility index (Phi) is 19.0. The third kappa shape index (κ3) is 14.8. The summed E-state index contributed by atoms with van der Waals surface area (Å²) in [4.78, 5) is 6.77. The fraction of sp³-hybridized carbons (Fsp3) is 0. The quantitative estimate of drug-likeness (QED) is 0.0921. The van der Waals surface area contributed by atoms with Crippen molar-refractivity contribution in [2.24, 2.45) is 0 Å². The second kappa shape index (κ2) is 19.1. The van der Waals surface area contributed by atoms with Crippen LogP contribution in [0.4, 0.5) is 0 Å². The van der Waals surface area contributed by atoms with Crippen LogP contribution in [0.2, 0.25) is 0 Å². The summed E-state index contributed by atoms with van der Waals surface area (Å²) in [6.45, 7) is 0. The largest absolute Gasteiger partial charge is 4.00 e. The minimum atomic E-state index is 0. The van der Waals surface area contributed by atoms with Crippen molar-refractivity contribution in [3.05, 3.63) is 97.1 Å². The van der Waals surface area contributed by atoms with Crippen molar-refractivity contribution in [3.63, 3.8) is 0 Å². The minimum Gasteiger partial charge on any atom is -0.779 e. The van der Waals surface area contributed by atoms with Gasteiger partial charge in [-0.15, -0.1) is 50.5 Å². The van der Waals surface area contributed by atoms with Crippen molar-refractivity contribution in [1.29, 1.82) is 0 Å². The van der Waals surface area contributed by atoms with Gasteiger partial charge >= 0.3 is 21.7 Å². The predicted octanol–water partition coefficient (Wildman–Crippen LogP) is 7.52. The molecule has 0 aliphatic carbocycles. The van der Waals surface area contributed by atoms with Gasteiger partial charge in [-0.3, -0.25) is 0 Å². The van der Waals surface area contributed by atoms with Crippen LogP contribution in [0.1, 0.15) is 0 Å². The van der Waals surface area contributed by atoms with Gasteiger partial charge in [-0.05, 0) is 19.6 Å². The van der Waals surface area contributed by atoms with Crippen molar-refractivity contribution in [3.8, 4) is 0 Å². The van der Waals surface area contributed by atoms with Crippen LogP contribution in [-0.4, -0.2) is 0 Å². The third-order valence-electron chi connectivity index (χ3n) is 3.46. The summed E-state index contributed by atoms with van der Waals surface area (Å²) in [5, 5.41) is 0. The second-order valence-electron chi connectivity index (χ2n) is 5.87. The van der Waals surface area contributed by atoms with Gasteiger partial charge in [-0.25, -0.2) is 0 Å². The predicted molar refractivity (Wildman–Crippen MR) is 157 cm³/mol. The average Bonchev–Trinajstić information content (AvgIpc) is 2.78. The zero-order valence-electron chi connectivity index (χ0n) is 17.2. The van der Waals surface area contributed by atoms with Gasteiger partial charge in [0.1, 0.15) is 0 Å². The first kappa shape index (κ1) is 32.9. The van der Waals surface area contributed by atoms with E-state index in [2.05, 4.69) is 50.5 Å². The van der Waals surface area contributed by atoms with Crippen LogP contribution in [0.3, 0.4) is 0 Å². The molecule has 0 saturated carbocycles. The molecule has 168 valence electrons. The smallest absolute Gasteiger partial charge is 0.779 e. The summed E-state index contributed by atoms with van der Waals surface area (Å²) in [5.41, 5.74) is 0. The molecule has 0 amide bonds. The molecule has 0 fully saturated rings. The van der Waals surface area contributed by atoms with E-state index in [0.717, 1.165) is 39.2 Å². The third-order valence-corrected chi connectivity index (χ3v) is 7.05. The Morgan fingerprint density at radius 3 is 0.576 bits per heavy atom. The van der Waals surface area contributed by atoms with Crippen LogP contribution in [0, 0.1) is 0 Å². The Labute approximate surface area is 256 Å². The van der Waals surface area contributed by atoms with E-state index in [4.69, 9.17) is 50.5 Å². The van der Waals surface area contributed by atoms with Crippen molar-refractivity contribution in [2.75, 3.05) is 0 Å². The second-order valence-corrected chi connectivity index (χ2v) is 9.56. The summed E-state index contributed by atoms with van der Waals surface area (Å²) in [7, 11) is 0. The first-order valence-corrected chi connectivity index (χ1v) is 12.4. The monoisotopic (exact) mass is 612 g/mol. The molecule has 0 radical (unpaired) electrons. The molecule has 0 aliphatic heterocycles. The summed E-state index contributed by atoms with van der Waals surface area (Å²) in [6.07, 6.45) is 0. The Morgan fingerprint density at radius 2 is 0.485 bits per heavy atom. The molecule has 0 atom stereocenters. The maximum atomic E-state index is 4.88. The number of rotatable bonds is 0. The zero-order chi connectivity index (χ0) is 23.9. The first-order valence-electron chi connectivity index (χ1n) is 9.02. The van der Waals surface area contributed by atoms with E-state index in [1.54, 1.807) is 0 Å². The molecule has 0 bridgehead atoms. The molecule has 0 heterocycles. The molecule has 9 heteroatoms. The zero-order valence-corrected chi connectivity index (χ0v) is 25.6. The van der Waals surface area contributed by atoms with Gasteiger partial charge in [0.25, 0.3) is 0 Å². The van der Waals surface area contributed by atoms with Crippen molar-refractivity contribution >= 4 is 101 Å². The van der Waals surface area contributed by atoms with Gasteiger partial charge in [0.2, 0.25) is 0 Å². The molecule has 33 heavy (non-hydrogen) atoms. The van der Waals surface area contributed by atoms with Crippen LogP contribution in [0.5, 0.6) is 0 Å². The van der Waals surface area contributed by atoms with Gasteiger partial charge in [0, 0.05) is 0 Å². The Bertz CT molecular complexity index is 831. The molecule has 0 N–H and O–H groups in total. The average molecular weight is 613 g/mol. The molecule has 4 rings (SSSR count). The fourth-order valence-electron chi connectivity index (χ4n) is 1.83. The SMILES string of the molecule is [S-]c1ccccc1S.[S-]c1ccccc1S.[S-]c1ccccc1S.[S-]c1ccccc1S.[Ti+4]. The fourth-order valence-corrected chi connectivity index (χ4v) is 3.06. The van der Waals surface area contributed by atoms with Crippen molar-refractivity contribution in [2.45, 2.75) is 39.2 Å². The number of hydrogen-bond acceptors (Lipinski definition) is 8. The van der Waals surface area contributed by atoms with Crippen LogP contribution in [-0.2, 0) is 72.2 Å². The molecule has 4 aromatic rings. The van der Waals surface area contributed by atoms with Crippen LogP contribution >= 0.6 is 50.5 Å². The molecule has 0 nitrogen and oxygen atoms in total.